The number of hydrogen-bond donors (Lipinski definition) is 6. The van der Waals surface area contributed by atoms with Gasteiger partial charge in [0.2, 0.25) is 5.66 Å². The third kappa shape index (κ3) is 5.06. The Bertz CT molecular complexity index is 808. The maximum Gasteiger partial charge on any atom is 0.271 e. The number of rotatable bonds is 7. The van der Waals surface area contributed by atoms with Crippen molar-refractivity contribution in [3.63, 3.8) is 0 Å². The first-order chi connectivity index (χ1) is 12.7. The molecule has 9 nitrogen and oxygen atoms in total. The van der Waals surface area contributed by atoms with E-state index in [1.54, 1.807) is 24.3 Å². The van der Waals surface area contributed by atoms with Crippen LogP contribution in [0.15, 0.2) is 45.8 Å². The standard InChI is InChI=1S/C17H24ClN7O2.ClH/c1-2-3-4-11(9-5-7-10(26)8-6-9)23-16(21)17(22)15(18)24-12(14(20)27)13(19)25-17;/h5-8,11,25-26H,2-4,19,22H2,1H3,(H2,20,27)(H2,21,23);1H. The second-order valence-electron chi connectivity index (χ2n) is 6.23. The van der Waals surface area contributed by atoms with Crippen molar-refractivity contribution in [1.82, 2.24) is 5.32 Å². The predicted octanol–water partition coefficient (Wildman–Crippen LogP) is 0.911. The van der Waals surface area contributed by atoms with Gasteiger partial charge in [0.25, 0.3) is 5.91 Å². The summed E-state index contributed by atoms with van der Waals surface area (Å²) in [5, 5.41) is 12.0. The Morgan fingerprint density at radius 1 is 1.36 bits per heavy atom. The molecule has 0 saturated heterocycles. The van der Waals surface area contributed by atoms with Gasteiger partial charge in [0.1, 0.15) is 17.4 Å². The zero-order chi connectivity index (χ0) is 20.2. The largest absolute Gasteiger partial charge is 0.508 e. The van der Waals surface area contributed by atoms with Crippen molar-refractivity contribution >= 4 is 40.9 Å². The van der Waals surface area contributed by atoms with Crippen LogP contribution in [0.2, 0.25) is 0 Å². The van der Waals surface area contributed by atoms with Crippen LogP contribution in [-0.2, 0) is 4.79 Å². The summed E-state index contributed by atoms with van der Waals surface area (Å²) in [5.41, 5.74) is 22.3. The van der Waals surface area contributed by atoms with E-state index in [0.717, 1.165) is 18.4 Å². The number of unbranched alkanes of at least 4 members (excludes halogenated alkanes) is 1. The Morgan fingerprint density at radius 2 is 1.96 bits per heavy atom. The normalized spacial score (nSPS) is 20.7. The van der Waals surface area contributed by atoms with E-state index in [1.807, 2.05) is 0 Å². The molecule has 28 heavy (non-hydrogen) atoms. The maximum atomic E-state index is 11.4. The van der Waals surface area contributed by atoms with Crippen LogP contribution >= 0.6 is 24.0 Å². The fourth-order valence-electron chi connectivity index (χ4n) is 2.60. The SMILES string of the molecule is CCCCC(N=C(N)C1(N)NC(N)=C(C(N)=O)N=C1Cl)c1ccc(O)cc1.Cl. The van der Waals surface area contributed by atoms with Crippen LogP contribution in [-0.4, -0.2) is 27.7 Å². The molecule has 2 rings (SSSR count). The zero-order valence-corrected chi connectivity index (χ0v) is 16.9. The molecule has 154 valence electrons. The van der Waals surface area contributed by atoms with Gasteiger partial charge in [-0.15, -0.1) is 12.4 Å². The lowest BCUT2D eigenvalue weighted by atomic mass is 10.0. The van der Waals surface area contributed by atoms with Gasteiger partial charge in [0.05, 0.1) is 6.04 Å². The molecule has 0 fully saturated rings. The monoisotopic (exact) mass is 429 g/mol. The first-order valence-electron chi connectivity index (χ1n) is 8.43. The van der Waals surface area contributed by atoms with Gasteiger partial charge >= 0.3 is 0 Å². The van der Waals surface area contributed by atoms with Crippen molar-refractivity contribution in [3.05, 3.63) is 41.3 Å². The lowest BCUT2D eigenvalue weighted by Crippen LogP contribution is -2.68. The molecule has 0 aliphatic carbocycles. The van der Waals surface area contributed by atoms with Crippen LogP contribution in [0.4, 0.5) is 0 Å². The van der Waals surface area contributed by atoms with Gasteiger partial charge in [-0.2, -0.15) is 0 Å². The summed E-state index contributed by atoms with van der Waals surface area (Å²) in [4.78, 5) is 19.8. The Kier molecular flexibility index (Phi) is 8.10. The van der Waals surface area contributed by atoms with Crippen molar-refractivity contribution in [2.45, 2.75) is 37.9 Å². The van der Waals surface area contributed by atoms with Crippen molar-refractivity contribution in [3.8, 4) is 5.75 Å². The first kappa shape index (κ1) is 23.5. The summed E-state index contributed by atoms with van der Waals surface area (Å²) in [7, 11) is 0. The van der Waals surface area contributed by atoms with E-state index < -0.39 is 11.6 Å². The first-order valence-corrected chi connectivity index (χ1v) is 8.80. The van der Waals surface area contributed by atoms with E-state index >= 15 is 0 Å². The number of carbonyl (C=O) groups excluding carboxylic acids is 1. The molecule has 1 amide bonds. The summed E-state index contributed by atoms with van der Waals surface area (Å²) >= 11 is 6.15. The summed E-state index contributed by atoms with van der Waals surface area (Å²) < 4.78 is 0. The number of hydrogen-bond acceptors (Lipinski definition) is 7. The second-order valence-corrected chi connectivity index (χ2v) is 6.58. The molecule has 1 aliphatic rings. The molecule has 0 spiro atoms. The molecule has 2 atom stereocenters. The zero-order valence-electron chi connectivity index (χ0n) is 15.4. The molecule has 2 unspecified atom stereocenters. The number of carbonyl (C=O) groups is 1. The minimum Gasteiger partial charge on any atom is -0.508 e. The van der Waals surface area contributed by atoms with Crippen LogP contribution in [0.3, 0.4) is 0 Å². The van der Waals surface area contributed by atoms with E-state index in [2.05, 4.69) is 22.2 Å². The van der Waals surface area contributed by atoms with Gasteiger partial charge in [-0.05, 0) is 24.1 Å². The number of phenols is 1. The van der Waals surface area contributed by atoms with E-state index in [0.29, 0.717) is 6.42 Å². The number of nitrogens with one attached hydrogen (secondary N) is 1. The lowest BCUT2D eigenvalue weighted by molar-refractivity contribution is -0.114. The van der Waals surface area contributed by atoms with Crippen LogP contribution in [0.1, 0.15) is 37.8 Å². The van der Waals surface area contributed by atoms with Gasteiger partial charge in [-0.1, -0.05) is 43.5 Å². The Labute approximate surface area is 174 Å². The van der Waals surface area contributed by atoms with Crippen LogP contribution in [0.5, 0.6) is 5.75 Å². The summed E-state index contributed by atoms with van der Waals surface area (Å²) in [6.07, 6.45) is 2.59. The fraction of sp³-hybridized carbons (Fsp3) is 0.353. The van der Waals surface area contributed by atoms with Gasteiger partial charge < -0.3 is 27.6 Å². The molecular formula is C17H25Cl2N7O2. The number of aliphatic imine (C=N–C) groups is 2. The molecule has 0 bridgehead atoms. The number of benzene rings is 1. The summed E-state index contributed by atoms with van der Waals surface area (Å²) in [6, 6.07) is 6.37. The third-order valence-electron chi connectivity index (χ3n) is 4.16. The van der Waals surface area contributed by atoms with Gasteiger partial charge in [-0.3, -0.25) is 15.5 Å². The van der Waals surface area contributed by atoms with Gasteiger partial charge in [-0.25, -0.2) is 4.99 Å². The predicted molar refractivity (Wildman–Crippen MR) is 113 cm³/mol. The molecular weight excluding hydrogens is 405 g/mol. The highest BCUT2D eigenvalue weighted by Crippen LogP contribution is 2.27. The summed E-state index contributed by atoms with van der Waals surface area (Å²) in [6.45, 7) is 2.06. The molecule has 11 heteroatoms. The lowest BCUT2D eigenvalue weighted by Gasteiger charge is -2.33. The average Bonchev–Trinajstić information content (AvgIpc) is 2.62. The average molecular weight is 430 g/mol. The maximum absolute atomic E-state index is 11.4. The van der Waals surface area contributed by atoms with E-state index in [-0.39, 0.29) is 46.7 Å². The topological polar surface area (TPSA) is 178 Å². The fourth-order valence-corrected chi connectivity index (χ4v) is 2.83. The van der Waals surface area contributed by atoms with Crippen LogP contribution in [0, 0.1) is 0 Å². The molecule has 0 aromatic heterocycles. The minimum absolute atomic E-state index is 0. The molecule has 1 aliphatic heterocycles. The number of aromatic hydroxyl groups is 1. The molecule has 10 N–H and O–H groups in total. The second kappa shape index (κ2) is 9.63. The number of phenolic OH excluding ortho intramolecular Hbond substituents is 1. The number of nitrogens with zero attached hydrogens (tertiary/aromatic N) is 2. The smallest absolute Gasteiger partial charge is 0.271 e. The van der Waals surface area contributed by atoms with Gasteiger partial charge in [0.15, 0.2) is 10.9 Å². The van der Waals surface area contributed by atoms with E-state index in [4.69, 9.17) is 34.5 Å². The Hall–Kier alpha value is -2.49. The number of amidine groups is 1. The Morgan fingerprint density at radius 3 is 2.50 bits per heavy atom. The molecule has 1 aromatic rings. The molecule has 1 aromatic carbocycles. The summed E-state index contributed by atoms with van der Waals surface area (Å²) in [5.74, 6) is -0.874. The highest BCUT2D eigenvalue weighted by Gasteiger charge is 2.40. The minimum atomic E-state index is -1.66. The quantitative estimate of drug-likeness (QED) is 0.276. The van der Waals surface area contributed by atoms with Crippen molar-refractivity contribution < 1.29 is 9.90 Å². The molecule has 0 radical (unpaired) electrons. The number of primary amides is 1. The molecule has 1 heterocycles. The molecule has 0 saturated carbocycles. The number of halogens is 2. The number of amides is 1. The number of nitrogens with two attached hydrogens (primary N) is 4. The van der Waals surface area contributed by atoms with Gasteiger partial charge in [0, 0.05) is 0 Å². The van der Waals surface area contributed by atoms with Crippen LogP contribution in [0.25, 0.3) is 0 Å². The van der Waals surface area contributed by atoms with E-state index in [1.165, 1.54) is 0 Å². The van der Waals surface area contributed by atoms with Crippen molar-refractivity contribution in [2.75, 3.05) is 0 Å². The van der Waals surface area contributed by atoms with Crippen molar-refractivity contribution in [2.24, 2.45) is 32.9 Å². The van der Waals surface area contributed by atoms with Crippen LogP contribution < -0.4 is 28.3 Å². The third-order valence-corrected chi connectivity index (χ3v) is 4.55. The van der Waals surface area contributed by atoms with E-state index in [9.17, 15) is 9.90 Å². The van der Waals surface area contributed by atoms with Crippen molar-refractivity contribution in [1.29, 1.82) is 0 Å². The highest BCUT2D eigenvalue weighted by atomic mass is 35.5. The highest BCUT2D eigenvalue weighted by molar-refractivity contribution is 6.70. The Balaban J connectivity index is 0.00000392.